The van der Waals surface area contributed by atoms with E-state index in [0.29, 0.717) is 22.4 Å². The van der Waals surface area contributed by atoms with Gasteiger partial charge in [-0.25, -0.2) is 4.57 Å². The third-order valence-corrected chi connectivity index (χ3v) is 5.21. The highest BCUT2D eigenvalue weighted by Crippen LogP contribution is 2.36. The van der Waals surface area contributed by atoms with Crippen LogP contribution in [0.15, 0.2) is 47.0 Å². The fraction of sp³-hybridized carbons (Fsp3) is 0.321. The van der Waals surface area contributed by atoms with Crippen molar-refractivity contribution in [1.82, 2.24) is 4.98 Å². The van der Waals surface area contributed by atoms with Crippen LogP contribution in [0.25, 0.3) is 38.3 Å². The Morgan fingerprint density at radius 1 is 1.09 bits per heavy atom. The maximum atomic E-state index is 8.68. The van der Waals surface area contributed by atoms with E-state index < -0.39 is 25.5 Å². The summed E-state index contributed by atoms with van der Waals surface area (Å²) in [5.41, 5.74) is 2.26. The Bertz CT molecular complexity index is 1670. The molecule has 0 aliphatic heterocycles. The summed E-state index contributed by atoms with van der Waals surface area (Å²) in [6.45, 7) is 9.11. The molecule has 0 saturated carbocycles. The number of pyridine rings is 1. The van der Waals surface area contributed by atoms with Gasteiger partial charge < -0.3 is 9.26 Å². The van der Waals surface area contributed by atoms with Crippen LogP contribution in [-0.2, 0) is 13.4 Å². The number of aromatic nitrogens is 2. The van der Waals surface area contributed by atoms with E-state index in [2.05, 4.69) is 9.83 Å². The average Bonchev–Trinajstić information content (AvgIpc) is 3.25. The monoisotopic (exact) mass is 432 g/mol. The molecule has 4 aromatic rings. The van der Waals surface area contributed by atoms with Gasteiger partial charge in [0.2, 0.25) is 5.69 Å². The van der Waals surface area contributed by atoms with Crippen LogP contribution >= 0.6 is 0 Å². The van der Waals surface area contributed by atoms with Crippen molar-refractivity contribution in [2.75, 3.05) is 0 Å². The van der Waals surface area contributed by atoms with Gasteiger partial charge in [-0.15, -0.1) is 0 Å². The van der Waals surface area contributed by atoms with Crippen LogP contribution in [0.3, 0.4) is 0 Å². The fourth-order valence-electron chi connectivity index (χ4n) is 3.86. The van der Waals surface area contributed by atoms with Crippen molar-refractivity contribution in [3.63, 3.8) is 0 Å². The summed E-state index contributed by atoms with van der Waals surface area (Å²) >= 11 is 0. The molecule has 0 aliphatic rings. The van der Waals surface area contributed by atoms with Crippen LogP contribution in [0.2, 0.25) is 0 Å². The second-order valence-corrected chi connectivity index (χ2v) is 8.95. The van der Waals surface area contributed by atoms with Crippen LogP contribution in [0.4, 0.5) is 6.01 Å². The van der Waals surface area contributed by atoms with Crippen molar-refractivity contribution in [3.05, 3.63) is 76.3 Å². The number of oxazole rings is 1. The second kappa shape index (κ2) is 7.91. The number of fused-ring (bicyclic) bond motifs is 1. The van der Waals surface area contributed by atoms with Gasteiger partial charge in [-0.2, -0.15) is 0 Å². The maximum Gasteiger partial charge on any atom is 0.450 e. The van der Waals surface area contributed by atoms with Crippen LogP contribution in [0.5, 0.6) is 0 Å². The van der Waals surface area contributed by atoms with E-state index in [9.17, 15) is 0 Å². The SMILES string of the molecule is [2H]C([2H])([2H])c1cc(C([2H])([2H])C(C)(C)C)ccc1-c1cc(-c2c(C)ccc3nc([N+]#[C-])oc23)[n+](C)cc1C([2H])([2H])[2H]. The minimum absolute atomic E-state index is 0.0555. The first-order valence-corrected chi connectivity index (χ1v) is 10.2. The summed E-state index contributed by atoms with van der Waals surface area (Å²) < 4.78 is 74.3. The summed E-state index contributed by atoms with van der Waals surface area (Å²) in [4.78, 5) is 7.48. The molecule has 0 aliphatic carbocycles. The second-order valence-electron chi connectivity index (χ2n) is 8.95. The number of nitrogens with zero attached hydrogens (tertiary/aromatic N) is 3. The molecular formula is C28H30N3O+. The van der Waals surface area contributed by atoms with Gasteiger partial charge >= 0.3 is 6.01 Å². The molecule has 2 aromatic carbocycles. The average molecular weight is 433 g/mol. The predicted octanol–water partition coefficient (Wildman–Crippen LogP) is 7.05. The van der Waals surface area contributed by atoms with E-state index in [-0.39, 0.29) is 33.8 Å². The van der Waals surface area contributed by atoms with Crippen molar-refractivity contribution in [1.29, 1.82) is 0 Å². The standard InChI is InChI=1S/C28H30N3O/c1-17-9-12-23-26(32-27(29-7)30-23)25(17)24-14-22(19(3)16-31(24)8)21-11-10-20(13-18(21)2)15-28(4,5)6/h9-14,16H,15H2,1-6,8H3/q+1/i2D3,3D3,15D2. The van der Waals surface area contributed by atoms with Crippen molar-refractivity contribution in [2.45, 2.75) is 47.8 Å². The molecule has 0 N–H and O–H groups in total. The summed E-state index contributed by atoms with van der Waals surface area (Å²) in [6.07, 6.45) is -0.403. The molecule has 32 heavy (non-hydrogen) atoms. The van der Waals surface area contributed by atoms with Crippen LogP contribution in [0, 0.1) is 32.6 Å². The Balaban J connectivity index is 2.10. The van der Waals surface area contributed by atoms with Crippen LogP contribution in [0.1, 0.15) is 54.0 Å². The zero-order chi connectivity index (χ0) is 30.0. The van der Waals surface area contributed by atoms with Gasteiger partial charge in [-0.3, -0.25) is 0 Å². The highest BCUT2D eigenvalue weighted by molar-refractivity contribution is 5.92. The molecule has 0 radical (unpaired) electrons. The van der Waals surface area contributed by atoms with Crippen molar-refractivity contribution in [2.24, 2.45) is 12.5 Å². The normalized spacial score (nSPS) is 16.6. The molecule has 0 spiro atoms. The van der Waals surface area contributed by atoms with E-state index in [4.69, 9.17) is 22.0 Å². The smallest absolute Gasteiger partial charge is 0.450 e. The van der Waals surface area contributed by atoms with Crippen molar-refractivity contribution < 1.29 is 20.0 Å². The molecule has 0 saturated heterocycles. The Hall–Kier alpha value is -3.45. The molecule has 0 bridgehead atoms. The zero-order valence-corrected chi connectivity index (χ0v) is 18.8. The van der Waals surface area contributed by atoms with Crippen LogP contribution < -0.4 is 4.57 Å². The van der Waals surface area contributed by atoms with E-state index in [1.165, 1.54) is 24.4 Å². The minimum atomic E-state index is -2.66. The highest BCUT2D eigenvalue weighted by Gasteiger charge is 2.24. The maximum absolute atomic E-state index is 8.68. The van der Waals surface area contributed by atoms with E-state index in [0.717, 1.165) is 5.56 Å². The molecule has 0 fully saturated rings. The minimum Gasteiger partial charge on any atom is -0.459 e. The lowest BCUT2D eigenvalue weighted by Crippen LogP contribution is -2.31. The highest BCUT2D eigenvalue weighted by atomic mass is 16.4. The molecule has 0 unspecified atom stereocenters. The van der Waals surface area contributed by atoms with Gasteiger partial charge in [0.15, 0.2) is 17.3 Å². The van der Waals surface area contributed by atoms with Crippen LogP contribution in [-0.4, -0.2) is 4.98 Å². The Kier molecular flexibility index (Phi) is 3.42. The molecule has 4 heteroatoms. The van der Waals surface area contributed by atoms with Gasteiger partial charge in [0.05, 0.1) is 5.56 Å². The molecular weight excluding hydrogens is 394 g/mol. The first-order valence-electron chi connectivity index (χ1n) is 14.2. The first kappa shape index (κ1) is 13.9. The van der Waals surface area contributed by atoms with Crippen molar-refractivity contribution >= 4 is 17.1 Å². The predicted molar refractivity (Wildman–Crippen MR) is 130 cm³/mol. The molecule has 4 rings (SSSR count). The van der Waals surface area contributed by atoms with Gasteiger partial charge in [0.25, 0.3) is 0 Å². The van der Waals surface area contributed by atoms with E-state index in [1.54, 1.807) is 44.5 Å². The summed E-state index contributed by atoms with van der Waals surface area (Å²) in [5, 5.41) is 0. The third-order valence-electron chi connectivity index (χ3n) is 5.21. The first-order chi connectivity index (χ1) is 18.3. The van der Waals surface area contributed by atoms with Gasteiger partial charge in [-0.05, 0) is 66.3 Å². The summed E-state index contributed by atoms with van der Waals surface area (Å²) in [7, 11) is 1.68. The lowest BCUT2D eigenvalue weighted by molar-refractivity contribution is -0.660. The Morgan fingerprint density at radius 2 is 1.88 bits per heavy atom. The molecule has 162 valence electrons. The number of benzene rings is 2. The largest absolute Gasteiger partial charge is 0.459 e. The Labute approximate surface area is 201 Å². The molecule has 4 nitrogen and oxygen atoms in total. The van der Waals surface area contributed by atoms with Gasteiger partial charge in [0, 0.05) is 22.6 Å². The third kappa shape index (κ3) is 4.03. The molecule has 2 aromatic heterocycles. The topological polar surface area (TPSA) is 34.3 Å². The summed E-state index contributed by atoms with van der Waals surface area (Å²) in [6, 6.07) is 9.39. The molecule has 0 atom stereocenters. The Morgan fingerprint density at radius 3 is 2.56 bits per heavy atom. The lowest BCUT2D eigenvalue weighted by atomic mass is 9.86. The van der Waals surface area contributed by atoms with Gasteiger partial charge in [0.1, 0.15) is 7.05 Å². The molecule has 2 heterocycles. The lowest BCUT2D eigenvalue weighted by Gasteiger charge is -2.19. The van der Waals surface area contributed by atoms with Crippen molar-refractivity contribution in [3.8, 4) is 22.4 Å². The number of hydrogen-bond acceptors (Lipinski definition) is 2. The molecule has 0 amide bonds. The fourth-order valence-corrected chi connectivity index (χ4v) is 3.86. The quantitative estimate of drug-likeness (QED) is 0.257. The number of rotatable bonds is 3. The summed E-state index contributed by atoms with van der Waals surface area (Å²) in [5.74, 6) is 0. The van der Waals surface area contributed by atoms with Gasteiger partial charge in [-0.1, -0.05) is 56.6 Å². The number of aryl methyl sites for hydroxylation is 4. The number of hydrogen-bond donors (Lipinski definition) is 0. The zero-order valence-electron chi connectivity index (χ0n) is 26.8. The van der Waals surface area contributed by atoms with E-state index in [1.807, 2.05) is 13.0 Å². The van der Waals surface area contributed by atoms with E-state index >= 15 is 0 Å².